The lowest BCUT2D eigenvalue weighted by Gasteiger charge is -2.11. The quantitative estimate of drug-likeness (QED) is 0.528. The van der Waals surface area contributed by atoms with Crippen LogP contribution in [0.1, 0.15) is 6.92 Å². The number of amides is 1. The number of nitrogens with two attached hydrogens (primary N) is 1. The topological polar surface area (TPSA) is 64.3 Å². The molecule has 0 aliphatic rings. The van der Waals surface area contributed by atoms with Crippen molar-refractivity contribution in [2.24, 2.45) is 5.73 Å². The van der Waals surface area contributed by atoms with Crippen LogP contribution in [-0.2, 0) is 9.53 Å². The largest absolute Gasteiger partial charge is 0.383 e. The summed E-state index contributed by atoms with van der Waals surface area (Å²) in [5.74, 6) is -0.372. The predicted molar refractivity (Wildman–Crippen MR) is 38.5 cm³/mol. The van der Waals surface area contributed by atoms with Gasteiger partial charge >= 0.3 is 0 Å². The Morgan fingerprint density at radius 1 is 1.80 bits per heavy atom. The zero-order valence-corrected chi connectivity index (χ0v) is 6.39. The Morgan fingerprint density at radius 3 is 2.70 bits per heavy atom. The summed E-state index contributed by atoms with van der Waals surface area (Å²) in [5, 5.41) is 2.88. The number of carbonyl (C=O) groups excluding carboxylic acids is 1. The second kappa shape index (κ2) is 5.20. The summed E-state index contributed by atoms with van der Waals surface area (Å²) in [6, 6.07) is -0.352. The minimum atomic E-state index is -0.372. The first kappa shape index (κ1) is 9.39. The van der Waals surface area contributed by atoms with Crippen molar-refractivity contribution < 1.29 is 9.53 Å². The van der Waals surface area contributed by atoms with Crippen LogP contribution in [0.2, 0.25) is 0 Å². The molecule has 60 valence electrons. The fraction of sp³-hybridized carbons (Fsp3) is 0.833. The molecular weight excluding hydrogens is 132 g/mol. The third kappa shape index (κ3) is 3.42. The van der Waals surface area contributed by atoms with E-state index in [0.717, 1.165) is 6.54 Å². The van der Waals surface area contributed by atoms with Gasteiger partial charge < -0.3 is 15.8 Å². The van der Waals surface area contributed by atoms with Crippen molar-refractivity contribution in [3.8, 4) is 0 Å². The molecule has 0 heterocycles. The van der Waals surface area contributed by atoms with E-state index in [0.29, 0.717) is 6.61 Å². The molecule has 10 heavy (non-hydrogen) atoms. The van der Waals surface area contributed by atoms with Crippen LogP contribution in [0.4, 0.5) is 0 Å². The average molecular weight is 146 g/mol. The van der Waals surface area contributed by atoms with Gasteiger partial charge in [0.15, 0.2) is 0 Å². The molecule has 0 bridgehead atoms. The van der Waals surface area contributed by atoms with Gasteiger partial charge in [0, 0.05) is 7.11 Å². The highest BCUT2D eigenvalue weighted by atomic mass is 16.5. The van der Waals surface area contributed by atoms with Crippen LogP contribution in [-0.4, -0.2) is 32.2 Å². The summed E-state index contributed by atoms with van der Waals surface area (Å²) in [5.41, 5.74) is 5.03. The van der Waals surface area contributed by atoms with E-state index in [4.69, 9.17) is 10.5 Å². The summed E-state index contributed by atoms with van der Waals surface area (Å²) in [7, 11) is 1.54. The Labute approximate surface area is 60.7 Å². The molecule has 0 radical (unpaired) electrons. The number of hydrogen-bond donors (Lipinski definition) is 2. The van der Waals surface area contributed by atoms with Gasteiger partial charge in [0.1, 0.15) is 6.04 Å². The fourth-order valence-corrected chi connectivity index (χ4v) is 0.655. The average Bonchev–Trinajstić information content (AvgIpc) is 1.87. The van der Waals surface area contributed by atoms with Crippen molar-refractivity contribution >= 4 is 5.91 Å². The van der Waals surface area contributed by atoms with Gasteiger partial charge in [-0.3, -0.25) is 4.79 Å². The summed E-state index contributed by atoms with van der Waals surface area (Å²) < 4.78 is 4.75. The number of primary amides is 1. The molecule has 3 N–H and O–H groups in total. The lowest BCUT2D eigenvalue weighted by molar-refractivity contribution is -0.121. The number of rotatable bonds is 5. The van der Waals surface area contributed by atoms with E-state index >= 15 is 0 Å². The molecule has 1 unspecified atom stereocenters. The Bertz CT molecular complexity index is 99.9. The molecule has 1 amide bonds. The molecule has 0 aliphatic heterocycles. The molecule has 0 fully saturated rings. The van der Waals surface area contributed by atoms with Gasteiger partial charge in [0.05, 0.1) is 6.61 Å². The zero-order chi connectivity index (χ0) is 7.98. The van der Waals surface area contributed by atoms with Gasteiger partial charge in [-0.25, -0.2) is 0 Å². The monoisotopic (exact) mass is 146 g/mol. The minimum Gasteiger partial charge on any atom is -0.383 e. The second-order valence-electron chi connectivity index (χ2n) is 1.97. The number of hydrogen-bond acceptors (Lipinski definition) is 3. The van der Waals surface area contributed by atoms with Gasteiger partial charge in [0.25, 0.3) is 0 Å². The number of likely N-dealkylation sites (N-methyl/N-ethyl adjacent to an activating group) is 1. The maximum Gasteiger partial charge on any atom is 0.236 e. The second-order valence-corrected chi connectivity index (χ2v) is 1.97. The smallest absolute Gasteiger partial charge is 0.236 e. The van der Waals surface area contributed by atoms with Crippen molar-refractivity contribution in [2.45, 2.75) is 13.0 Å². The number of ether oxygens (including phenoxy) is 1. The molecule has 0 saturated carbocycles. The third-order valence-electron chi connectivity index (χ3n) is 1.13. The summed E-state index contributed by atoms with van der Waals surface area (Å²) in [6.07, 6.45) is 0. The molecule has 0 aromatic heterocycles. The van der Waals surface area contributed by atoms with E-state index in [9.17, 15) is 4.79 Å². The molecule has 0 aromatic carbocycles. The molecule has 1 atom stereocenters. The highest BCUT2D eigenvalue weighted by Gasteiger charge is 2.11. The summed E-state index contributed by atoms with van der Waals surface area (Å²) >= 11 is 0. The Kier molecular flexibility index (Phi) is 4.88. The molecule has 0 spiro atoms. The Hall–Kier alpha value is -0.610. The molecule has 4 nitrogen and oxygen atoms in total. The summed E-state index contributed by atoms with van der Waals surface area (Å²) in [6.45, 7) is 2.96. The van der Waals surface area contributed by atoms with Gasteiger partial charge in [-0.05, 0) is 6.54 Å². The lowest BCUT2D eigenvalue weighted by atomic mass is 10.3. The highest BCUT2D eigenvalue weighted by Crippen LogP contribution is 1.81. The van der Waals surface area contributed by atoms with Crippen LogP contribution >= 0.6 is 0 Å². The van der Waals surface area contributed by atoms with E-state index in [-0.39, 0.29) is 11.9 Å². The van der Waals surface area contributed by atoms with Gasteiger partial charge in [-0.15, -0.1) is 0 Å². The highest BCUT2D eigenvalue weighted by molar-refractivity contribution is 5.79. The predicted octanol–water partition coefficient (Wildman–Crippen LogP) is -0.904. The van der Waals surface area contributed by atoms with Gasteiger partial charge in [-0.1, -0.05) is 6.92 Å². The maximum absolute atomic E-state index is 10.6. The first-order chi connectivity index (χ1) is 4.72. The van der Waals surface area contributed by atoms with Crippen LogP contribution in [0.15, 0.2) is 0 Å². The molecule has 0 saturated heterocycles. The molecule has 0 rings (SSSR count). The zero-order valence-electron chi connectivity index (χ0n) is 6.39. The number of nitrogens with one attached hydrogen (secondary N) is 1. The Morgan fingerprint density at radius 2 is 2.40 bits per heavy atom. The van der Waals surface area contributed by atoms with Crippen molar-refractivity contribution in [1.29, 1.82) is 0 Å². The van der Waals surface area contributed by atoms with E-state index in [1.165, 1.54) is 7.11 Å². The molecule has 0 aromatic rings. The first-order valence-electron chi connectivity index (χ1n) is 3.24. The van der Waals surface area contributed by atoms with E-state index < -0.39 is 0 Å². The number of carbonyl (C=O) groups is 1. The van der Waals surface area contributed by atoms with Crippen LogP contribution in [0, 0.1) is 0 Å². The van der Waals surface area contributed by atoms with E-state index in [2.05, 4.69) is 5.32 Å². The lowest BCUT2D eigenvalue weighted by Crippen LogP contribution is -2.44. The van der Waals surface area contributed by atoms with Crippen LogP contribution in [0.3, 0.4) is 0 Å². The van der Waals surface area contributed by atoms with Crippen molar-refractivity contribution in [2.75, 3.05) is 20.3 Å². The maximum atomic E-state index is 10.6. The third-order valence-corrected chi connectivity index (χ3v) is 1.13. The van der Waals surface area contributed by atoms with Crippen LogP contribution in [0.5, 0.6) is 0 Å². The standard InChI is InChI=1S/C6H14N2O2/c1-3-8-5(4-10-2)6(7)9/h5,8H,3-4H2,1-2H3,(H2,7,9). The first-order valence-corrected chi connectivity index (χ1v) is 3.24. The molecule has 0 aliphatic carbocycles. The van der Waals surface area contributed by atoms with Crippen LogP contribution in [0.25, 0.3) is 0 Å². The van der Waals surface area contributed by atoms with E-state index in [1.54, 1.807) is 0 Å². The van der Waals surface area contributed by atoms with Crippen molar-refractivity contribution in [1.82, 2.24) is 5.32 Å². The van der Waals surface area contributed by atoms with Crippen molar-refractivity contribution in [3.05, 3.63) is 0 Å². The van der Waals surface area contributed by atoms with Gasteiger partial charge in [0.2, 0.25) is 5.91 Å². The number of methoxy groups -OCH3 is 1. The van der Waals surface area contributed by atoms with E-state index in [1.807, 2.05) is 6.92 Å². The normalized spacial score (nSPS) is 13.0. The minimum absolute atomic E-state index is 0.336. The molecule has 4 heteroatoms. The fourth-order valence-electron chi connectivity index (χ4n) is 0.655. The van der Waals surface area contributed by atoms with Gasteiger partial charge in [-0.2, -0.15) is 0 Å². The Balaban J connectivity index is 3.61. The summed E-state index contributed by atoms with van der Waals surface area (Å²) in [4.78, 5) is 10.6. The van der Waals surface area contributed by atoms with Crippen LogP contribution < -0.4 is 11.1 Å². The molecular formula is C6H14N2O2. The SMILES string of the molecule is CCNC(COC)C(N)=O. The van der Waals surface area contributed by atoms with Crippen molar-refractivity contribution in [3.63, 3.8) is 0 Å².